The monoisotopic (exact) mass is 287 g/mol. The number of hydrogen-bond acceptors (Lipinski definition) is 5. The number of anilines is 1. The van der Waals surface area contributed by atoms with Gasteiger partial charge in [-0.1, -0.05) is 0 Å². The second kappa shape index (κ2) is 5.42. The van der Waals surface area contributed by atoms with Gasteiger partial charge in [0.1, 0.15) is 11.6 Å². The summed E-state index contributed by atoms with van der Waals surface area (Å²) >= 11 is 0. The van der Waals surface area contributed by atoms with Crippen LogP contribution in [-0.4, -0.2) is 44.5 Å². The second-order valence-electron chi connectivity index (χ2n) is 4.82. The van der Waals surface area contributed by atoms with Crippen LogP contribution < -0.4 is 10.2 Å². The molecule has 1 fully saturated rings. The van der Waals surface area contributed by atoms with Crippen molar-refractivity contribution in [3.05, 3.63) is 23.6 Å². The molecule has 0 saturated carbocycles. The normalized spacial score (nSPS) is 22.5. The van der Waals surface area contributed by atoms with Crippen molar-refractivity contribution in [2.24, 2.45) is 0 Å². The lowest BCUT2D eigenvalue weighted by Crippen LogP contribution is -2.47. The van der Waals surface area contributed by atoms with Crippen molar-refractivity contribution in [1.82, 2.24) is 10.3 Å². The lowest BCUT2D eigenvalue weighted by molar-refractivity contribution is 0.563. The predicted octanol–water partition coefficient (Wildman–Crippen LogP) is 0.563. The Labute approximate surface area is 112 Å². The van der Waals surface area contributed by atoms with E-state index < -0.39 is 9.84 Å². The first-order valence-corrected chi connectivity index (χ1v) is 8.01. The van der Waals surface area contributed by atoms with E-state index in [-0.39, 0.29) is 23.4 Å². The van der Waals surface area contributed by atoms with Gasteiger partial charge in [0, 0.05) is 24.7 Å². The van der Waals surface area contributed by atoms with Gasteiger partial charge in [-0.2, -0.15) is 0 Å². The van der Waals surface area contributed by atoms with Gasteiger partial charge in [0.25, 0.3) is 0 Å². The SMILES string of the molecule is CNCc1cc(F)cnc1N1CCS(=O)(=O)CC1C. The lowest BCUT2D eigenvalue weighted by atomic mass is 10.2. The molecule has 7 heteroatoms. The Morgan fingerprint density at radius 3 is 2.95 bits per heavy atom. The number of sulfone groups is 1. The van der Waals surface area contributed by atoms with Gasteiger partial charge in [-0.3, -0.25) is 0 Å². The molecule has 1 aliphatic rings. The van der Waals surface area contributed by atoms with E-state index >= 15 is 0 Å². The quantitative estimate of drug-likeness (QED) is 0.880. The van der Waals surface area contributed by atoms with E-state index in [2.05, 4.69) is 10.3 Å². The van der Waals surface area contributed by atoms with Gasteiger partial charge >= 0.3 is 0 Å². The maximum Gasteiger partial charge on any atom is 0.154 e. The van der Waals surface area contributed by atoms with Gasteiger partial charge in [-0.05, 0) is 20.0 Å². The number of aromatic nitrogens is 1. The molecular weight excluding hydrogens is 269 g/mol. The molecule has 106 valence electrons. The molecule has 1 aromatic heterocycles. The highest BCUT2D eigenvalue weighted by Crippen LogP contribution is 2.24. The lowest BCUT2D eigenvalue weighted by Gasteiger charge is -2.35. The average Bonchev–Trinajstić information content (AvgIpc) is 2.30. The molecular formula is C12H18FN3O2S. The Kier molecular flexibility index (Phi) is 4.05. The summed E-state index contributed by atoms with van der Waals surface area (Å²) in [5, 5.41) is 2.97. The molecule has 1 N–H and O–H groups in total. The van der Waals surface area contributed by atoms with Crippen LogP contribution in [0.1, 0.15) is 12.5 Å². The molecule has 0 aromatic carbocycles. The van der Waals surface area contributed by atoms with Crippen molar-refractivity contribution < 1.29 is 12.8 Å². The fourth-order valence-corrected chi connectivity index (χ4v) is 3.92. The van der Waals surface area contributed by atoms with Gasteiger partial charge < -0.3 is 10.2 Å². The molecule has 2 heterocycles. The summed E-state index contributed by atoms with van der Waals surface area (Å²) < 4.78 is 36.4. The van der Waals surface area contributed by atoms with Crippen molar-refractivity contribution in [3.63, 3.8) is 0 Å². The van der Waals surface area contributed by atoms with Crippen LogP contribution in [0.5, 0.6) is 0 Å². The Hall–Kier alpha value is -1.21. The molecule has 1 unspecified atom stereocenters. The summed E-state index contributed by atoms with van der Waals surface area (Å²) in [6, 6.07) is 1.29. The van der Waals surface area contributed by atoms with Crippen molar-refractivity contribution in [1.29, 1.82) is 0 Å². The molecule has 5 nitrogen and oxygen atoms in total. The number of halogens is 1. The number of pyridine rings is 1. The topological polar surface area (TPSA) is 62.3 Å². The molecule has 1 aliphatic heterocycles. The first-order chi connectivity index (χ1) is 8.93. The standard InChI is InChI=1S/C12H18FN3O2S/c1-9-8-19(17,18)4-3-16(9)12-10(6-14-2)5-11(13)7-15-12/h5,7,9,14H,3-4,6,8H2,1-2H3. The summed E-state index contributed by atoms with van der Waals surface area (Å²) in [6.45, 7) is 2.75. The summed E-state index contributed by atoms with van der Waals surface area (Å²) in [7, 11) is -1.19. The van der Waals surface area contributed by atoms with Gasteiger partial charge in [-0.15, -0.1) is 0 Å². The van der Waals surface area contributed by atoms with E-state index in [0.29, 0.717) is 18.9 Å². The molecule has 2 rings (SSSR count). The summed E-state index contributed by atoms with van der Waals surface area (Å²) in [6.07, 6.45) is 1.17. The minimum atomic E-state index is -2.97. The van der Waals surface area contributed by atoms with E-state index in [4.69, 9.17) is 0 Å². The number of rotatable bonds is 3. The van der Waals surface area contributed by atoms with Crippen LogP contribution in [0.3, 0.4) is 0 Å². The van der Waals surface area contributed by atoms with E-state index in [1.807, 2.05) is 11.8 Å². The average molecular weight is 287 g/mol. The minimum Gasteiger partial charge on any atom is -0.352 e. The Morgan fingerprint density at radius 2 is 2.32 bits per heavy atom. The molecule has 0 bridgehead atoms. The zero-order valence-corrected chi connectivity index (χ0v) is 11.9. The van der Waals surface area contributed by atoms with Gasteiger partial charge in [0.2, 0.25) is 0 Å². The maximum absolute atomic E-state index is 13.3. The summed E-state index contributed by atoms with van der Waals surface area (Å²) in [5.74, 6) is 0.518. The summed E-state index contributed by atoms with van der Waals surface area (Å²) in [4.78, 5) is 6.07. The van der Waals surface area contributed by atoms with Crippen LogP contribution in [0, 0.1) is 5.82 Å². The zero-order valence-electron chi connectivity index (χ0n) is 11.1. The first-order valence-electron chi connectivity index (χ1n) is 6.19. The third-order valence-electron chi connectivity index (χ3n) is 3.22. The van der Waals surface area contributed by atoms with Crippen LogP contribution in [0.25, 0.3) is 0 Å². The Morgan fingerprint density at radius 1 is 1.58 bits per heavy atom. The minimum absolute atomic E-state index is 0.116. The van der Waals surface area contributed by atoms with E-state index in [1.165, 1.54) is 12.3 Å². The molecule has 0 aliphatic carbocycles. The number of hydrogen-bond donors (Lipinski definition) is 1. The number of nitrogens with zero attached hydrogens (tertiary/aromatic N) is 2. The highest BCUT2D eigenvalue weighted by Gasteiger charge is 2.30. The largest absolute Gasteiger partial charge is 0.352 e. The number of nitrogens with one attached hydrogen (secondary N) is 1. The first kappa shape index (κ1) is 14.2. The Balaban J connectivity index is 2.31. The third-order valence-corrected chi connectivity index (χ3v) is 5.01. The van der Waals surface area contributed by atoms with Crippen molar-refractivity contribution >= 4 is 15.7 Å². The van der Waals surface area contributed by atoms with E-state index in [1.54, 1.807) is 7.05 Å². The van der Waals surface area contributed by atoms with Crippen molar-refractivity contribution in [2.75, 3.05) is 30.0 Å². The zero-order chi connectivity index (χ0) is 14.0. The highest BCUT2D eigenvalue weighted by atomic mass is 32.2. The molecule has 19 heavy (non-hydrogen) atoms. The van der Waals surface area contributed by atoms with Crippen LogP contribution in [0.4, 0.5) is 10.2 Å². The predicted molar refractivity (Wildman–Crippen MR) is 72.4 cm³/mol. The van der Waals surface area contributed by atoms with Crippen LogP contribution in [0.15, 0.2) is 12.3 Å². The maximum atomic E-state index is 13.3. The third kappa shape index (κ3) is 3.22. The molecule has 1 aromatic rings. The van der Waals surface area contributed by atoms with Crippen LogP contribution in [0.2, 0.25) is 0 Å². The van der Waals surface area contributed by atoms with Crippen molar-refractivity contribution in [3.8, 4) is 0 Å². The van der Waals surface area contributed by atoms with Crippen molar-refractivity contribution in [2.45, 2.75) is 19.5 Å². The van der Waals surface area contributed by atoms with Gasteiger partial charge in [-0.25, -0.2) is 17.8 Å². The van der Waals surface area contributed by atoms with Gasteiger partial charge in [0.05, 0.1) is 17.7 Å². The fourth-order valence-electron chi connectivity index (χ4n) is 2.37. The molecule has 0 spiro atoms. The Bertz CT molecular complexity index is 562. The van der Waals surface area contributed by atoms with E-state index in [0.717, 1.165) is 5.56 Å². The molecule has 0 radical (unpaired) electrons. The fraction of sp³-hybridized carbons (Fsp3) is 0.583. The second-order valence-corrected chi connectivity index (χ2v) is 7.05. The van der Waals surface area contributed by atoms with Crippen LogP contribution in [-0.2, 0) is 16.4 Å². The van der Waals surface area contributed by atoms with E-state index in [9.17, 15) is 12.8 Å². The molecule has 1 saturated heterocycles. The van der Waals surface area contributed by atoms with Gasteiger partial charge in [0.15, 0.2) is 9.84 Å². The summed E-state index contributed by atoms with van der Waals surface area (Å²) in [5.41, 5.74) is 0.744. The highest BCUT2D eigenvalue weighted by molar-refractivity contribution is 7.91. The molecule has 1 atom stereocenters. The smallest absolute Gasteiger partial charge is 0.154 e. The molecule has 0 amide bonds. The van der Waals surface area contributed by atoms with Crippen LogP contribution >= 0.6 is 0 Å².